The smallest absolute Gasteiger partial charge is 0.339 e. The summed E-state index contributed by atoms with van der Waals surface area (Å²) in [7, 11) is -2.76. The minimum Gasteiger partial charge on any atom is -0.493 e. The van der Waals surface area contributed by atoms with Gasteiger partial charge in [-0.2, -0.15) is 8.42 Å². The Kier molecular flexibility index (Phi) is 7.51. The van der Waals surface area contributed by atoms with Gasteiger partial charge in [-0.25, -0.2) is 0 Å². The number of methoxy groups -OCH3 is 1. The van der Waals surface area contributed by atoms with Gasteiger partial charge in [0.2, 0.25) is 5.75 Å². The Morgan fingerprint density at radius 1 is 1.09 bits per heavy atom. The van der Waals surface area contributed by atoms with Gasteiger partial charge in [-0.3, -0.25) is 9.69 Å². The zero-order valence-corrected chi connectivity index (χ0v) is 21.9. The minimum atomic E-state index is -4.14. The SMILES string of the molecule is COc1cc(/C=C2\SC(=S)N(Cc3ccccc3)C2=O)cc(Cl)c1OS(=O)(=O)c1ccc(C)cc1. The zero-order valence-electron chi connectivity index (χ0n) is 18.7. The van der Waals surface area contributed by atoms with Crippen molar-refractivity contribution >= 4 is 62.0 Å². The third kappa shape index (κ3) is 5.70. The van der Waals surface area contributed by atoms with E-state index >= 15 is 0 Å². The lowest BCUT2D eigenvalue weighted by Crippen LogP contribution is -2.27. The summed E-state index contributed by atoms with van der Waals surface area (Å²) in [5.74, 6) is -0.246. The first-order chi connectivity index (χ1) is 16.7. The van der Waals surface area contributed by atoms with Crippen LogP contribution in [0.4, 0.5) is 0 Å². The minimum absolute atomic E-state index is 0.00705. The van der Waals surface area contributed by atoms with Crippen molar-refractivity contribution in [1.29, 1.82) is 0 Å². The van der Waals surface area contributed by atoms with E-state index in [-0.39, 0.29) is 27.3 Å². The molecule has 0 bridgehead atoms. The molecule has 180 valence electrons. The zero-order chi connectivity index (χ0) is 25.2. The second-order valence-electron chi connectivity index (χ2n) is 7.64. The highest BCUT2D eigenvalue weighted by Gasteiger charge is 2.32. The fraction of sp³-hybridized carbons (Fsp3) is 0.120. The van der Waals surface area contributed by atoms with Crippen LogP contribution in [-0.2, 0) is 21.5 Å². The molecule has 1 aliphatic rings. The van der Waals surface area contributed by atoms with Gasteiger partial charge in [-0.1, -0.05) is 83.6 Å². The molecule has 10 heteroatoms. The Morgan fingerprint density at radius 3 is 2.43 bits per heavy atom. The van der Waals surface area contributed by atoms with Gasteiger partial charge >= 0.3 is 10.1 Å². The predicted octanol–water partition coefficient (Wildman–Crippen LogP) is 5.83. The summed E-state index contributed by atoms with van der Waals surface area (Å²) in [6.45, 7) is 2.22. The van der Waals surface area contributed by atoms with Crippen LogP contribution in [0.5, 0.6) is 11.5 Å². The molecule has 0 unspecified atom stereocenters. The van der Waals surface area contributed by atoms with Crippen LogP contribution >= 0.6 is 35.6 Å². The maximum absolute atomic E-state index is 13.0. The number of nitrogens with zero attached hydrogens (tertiary/aromatic N) is 1. The molecule has 0 atom stereocenters. The van der Waals surface area contributed by atoms with Crippen LogP contribution in [0.15, 0.2) is 76.5 Å². The molecular formula is C25H20ClNO5S3. The van der Waals surface area contributed by atoms with Crippen LogP contribution in [0.25, 0.3) is 6.08 Å². The number of hydrogen-bond acceptors (Lipinski definition) is 7. The number of ether oxygens (including phenoxy) is 1. The summed E-state index contributed by atoms with van der Waals surface area (Å²) < 4.78 is 36.6. The van der Waals surface area contributed by atoms with Gasteiger partial charge in [-0.15, -0.1) is 0 Å². The normalized spacial score (nSPS) is 15.1. The number of amides is 1. The van der Waals surface area contributed by atoms with Gasteiger partial charge in [0.25, 0.3) is 5.91 Å². The molecule has 35 heavy (non-hydrogen) atoms. The third-order valence-electron chi connectivity index (χ3n) is 5.11. The van der Waals surface area contributed by atoms with Gasteiger partial charge in [0.15, 0.2) is 5.75 Å². The molecule has 3 aromatic carbocycles. The first kappa shape index (κ1) is 25.2. The number of carbonyl (C=O) groups excluding carboxylic acids is 1. The van der Waals surface area contributed by atoms with Gasteiger partial charge in [0.1, 0.15) is 9.22 Å². The standard InChI is InChI=1S/C25H20ClNO5S3/c1-16-8-10-19(11-9-16)35(29,30)32-23-20(26)12-18(13-21(23)31-2)14-22-24(28)27(25(33)34-22)15-17-6-4-3-5-7-17/h3-14H,15H2,1-2H3/b22-14-. The second kappa shape index (κ2) is 10.4. The summed E-state index contributed by atoms with van der Waals surface area (Å²) >= 11 is 13.0. The average molecular weight is 546 g/mol. The quantitative estimate of drug-likeness (QED) is 0.210. The van der Waals surface area contributed by atoms with E-state index < -0.39 is 10.1 Å². The topological polar surface area (TPSA) is 72.9 Å². The number of halogens is 1. The monoisotopic (exact) mass is 545 g/mol. The molecule has 0 radical (unpaired) electrons. The van der Waals surface area contributed by atoms with Crippen molar-refractivity contribution in [3.63, 3.8) is 0 Å². The molecule has 1 fully saturated rings. The molecule has 0 aliphatic carbocycles. The Labute approximate surface area is 218 Å². The van der Waals surface area contributed by atoms with E-state index in [1.807, 2.05) is 37.3 Å². The fourth-order valence-corrected chi connectivity index (χ4v) is 5.84. The van der Waals surface area contributed by atoms with Crippen molar-refractivity contribution in [2.24, 2.45) is 0 Å². The van der Waals surface area contributed by atoms with Crippen LogP contribution in [0, 0.1) is 6.92 Å². The summed E-state index contributed by atoms with van der Waals surface area (Å²) in [4.78, 5) is 14.9. The van der Waals surface area contributed by atoms with Crippen molar-refractivity contribution in [3.05, 3.63) is 93.3 Å². The van der Waals surface area contributed by atoms with Gasteiger partial charge in [-0.05, 0) is 48.4 Å². The highest BCUT2D eigenvalue weighted by molar-refractivity contribution is 8.26. The lowest BCUT2D eigenvalue weighted by molar-refractivity contribution is -0.122. The molecule has 1 aliphatic heterocycles. The molecule has 1 saturated heterocycles. The molecule has 6 nitrogen and oxygen atoms in total. The first-order valence-electron chi connectivity index (χ1n) is 10.4. The number of aryl methyl sites for hydroxylation is 1. The maximum Gasteiger partial charge on any atom is 0.339 e. The predicted molar refractivity (Wildman–Crippen MR) is 142 cm³/mol. The number of hydrogen-bond donors (Lipinski definition) is 0. The van der Waals surface area contributed by atoms with E-state index in [1.54, 1.807) is 24.3 Å². The molecule has 0 N–H and O–H groups in total. The highest BCUT2D eigenvalue weighted by atomic mass is 35.5. The van der Waals surface area contributed by atoms with E-state index in [0.717, 1.165) is 11.1 Å². The van der Waals surface area contributed by atoms with Crippen molar-refractivity contribution in [2.45, 2.75) is 18.4 Å². The van der Waals surface area contributed by atoms with E-state index in [4.69, 9.17) is 32.7 Å². The molecule has 0 spiro atoms. The van der Waals surface area contributed by atoms with E-state index in [0.29, 0.717) is 21.3 Å². The summed E-state index contributed by atoms with van der Waals surface area (Å²) in [5.41, 5.74) is 2.41. The van der Waals surface area contributed by atoms with Gasteiger partial charge in [0.05, 0.1) is 23.6 Å². The number of thiocarbonyl (C=S) groups is 1. The van der Waals surface area contributed by atoms with Crippen LogP contribution in [0.3, 0.4) is 0 Å². The van der Waals surface area contributed by atoms with E-state index in [1.165, 1.54) is 42.0 Å². The number of rotatable bonds is 7. The maximum atomic E-state index is 13.0. The Bertz CT molecular complexity index is 1420. The van der Waals surface area contributed by atoms with Gasteiger partial charge in [0, 0.05) is 0 Å². The van der Waals surface area contributed by atoms with E-state index in [2.05, 4.69) is 0 Å². The van der Waals surface area contributed by atoms with Crippen LogP contribution in [0.2, 0.25) is 5.02 Å². The van der Waals surface area contributed by atoms with E-state index in [9.17, 15) is 13.2 Å². The summed E-state index contributed by atoms with van der Waals surface area (Å²) in [6, 6.07) is 18.9. The van der Waals surface area contributed by atoms with Crippen molar-refractivity contribution in [3.8, 4) is 11.5 Å². The van der Waals surface area contributed by atoms with Crippen LogP contribution in [-0.4, -0.2) is 30.7 Å². The van der Waals surface area contributed by atoms with Gasteiger partial charge < -0.3 is 8.92 Å². The molecular weight excluding hydrogens is 526 g/mol. The Morgan fingerprint density at radius 2 is 1.77 bits per heavy atom. The van der Waals surface area contributed by atoms with Crippen molar-refractivity contribution < 1.29 is 22.1 Å². The molecule has 3 aromatic rings. The second-order valence-corrected chi connectivity index (χ2v) is 11.3. The van der Waals surface area contributed by atoms with Crippen molar-refractivity contribution in [1.82, 2.24) is 4.90 Å². The van der Waals surface area contributed by atoms with Crippen LogP contribution in [0.1, 0.15) is 16.7 Å². The largest absolute Gasteiger partial charge is 0.493 e. The summed E-state index contributed by atoms with van der Waals surface area (Å²) in [5, 5.41) is 0.0195. The Balaban J connectivity index is 1.60. The lowest BCUT2D eigenvalue weighted by Gasteiger charge is -2.14. The third-order valence-corrected chi connectivity index (χ3v) is 8.00. The lowest BCUT2D eigenvalue weighted by atomic mass is 10.1. The molecule has 0 aromatic heterocycles. The number of carbonyl (C=O) groups is 1. The Hall–Kier alpha value is -2.85. The first-order valence-corrected chi connectivity index (χ1v) is 13.4. The molecule has 4 rings (SSSR count). The highest BCUT2D eigenvalue weighted by Crippen LogP contribution is 2.40. The molecule has 0 saturated carbocycles. The average Bonchev–Trinajstić information content (AvgIpc) is 3.08. The number of thioether (sulfide) groups is 1. The fourth-order valence-electron chi connectivity index (χ4n) is 3.32. The molecule has 1 heterocycles. The summed E-state index contributed by atoms with van der Waals surface area (Å²) in [6.07, 6.45) is 1.64. The molecule has 1 amide bonds. The van der Waals surface area contributed by atoms with Crippen molar-refractivity contribution in [2.75, 3.05) is 7.11 Å². The van der Waals surface area contributed by atoms with Crippen LogP contribution < -0.4 is 8.92 Å². The number of benzene rings is 3.